The molecule has 0 aliphatic carbocycles. The van der Waals surface area contributed by atoms with Gasteiger partial charge in [-0.1, -0.05) is 48.2 Å². The molecular formula is C21H18N4OS2. The van der Waals surface area contributed by atoms with Gasteiger partial charge in [-0.2, -0.15) is 0 Å². The Morgan fingerprint density at radius 2 is 1.75 bits per heavy atom. The Bertz CT molecular complexity index is 1140. The summed E-state index contributed by atoms with van der Waals surface area (Å²) < 4.78 is 0. The Morgan fingerprint density at radius 3 is 2.54 bits per heavy atom. The fraction of sp³-hybridized carbons (Fsp3) is 0.143. The third-order valence-electron chi connectivity index (χ3n) is 4.09. The minimum atomic E-state index is -0.118. The van der Waals surface area contributed by atoms with Gasteiger partial charge in [0.05, 0.1) is 11.4 Å². The quantitative estimate of drug-likeness (QED) is 0.369. The lowest BCUT2D eigenvalue weighted by atomic mass is 10.1. The number of benzene rings is 2. The van der Waals surface area contributed by atoms with Crippen molar-refractivity contribution >= 4 is 44.9 Å². The van der Waals surface area contributed by atoms with Crippen molar-refractivity contribution in [1.29, 1.82) is 0 Å². The molecule has 140 valence electrons. The predicted octanol–water partition coefficient (Wildman–Crippen LogP) is 5.10. The number of amides is 1. The molecule has 1 N–H and O–H groups in total. The number of thiazole rings is 1. The lowest BCUT2D eigenvalue weighted by Gasteiger charge is -2.03. The Morgan fingerprint density at radius 1 is 1.00 bits per heavy atom. The zero-order chi connectivity index (χ0) is 19.5. The van der Waals surface area contributed by atoms with E-state index in [0.717, 1.165) is 22.6 Å². The first kappa shape index (κ1) is 18.6. The lowest BCUT2D eigenvalue weighted by Crippen LogP contribution is -2.14. The van der Waals surface area contributed by atoms with E-state index in [1.807, 2.05) is 37.4 Å². The third kappa shape index (κ3) is 4.37. The van der Waals surface area contributed by atoms with E-state index in [0.29, 0.717) is 10.3 Å². The summed E-state index contributed by atoms with van der Waals surface area (Å²) in [4.78, 5) is 25.5. The second-order valence-electron chi connectivity index (χ2n) is 6.37. The summed E-state index contributed by atoms with van der Waals surface area (Å²) in [5.41, 5.74) is 3.69. The third-order valence-corrected chi connectivity index (χ3v) is 5.69. The Hall–Kier alpha value is -2.77. The molecule has 28 heavy (non-hydrogen) atoms. The summed E-state index contributed by atoms with van der Waals surface area (Å²) in [5.74, 6) is 0.125. The zero-order valence-electron chi connectivity index (χ0n) is 15.5. The van der Waals surface area contributed by atoms with Crippen molar-refractivity contribution in [3.8, 4) is 11.3 Å². The van der Waals surface area contributed by atoms with E-state index in [2.05, 4.69) is 50.6 Å². The Labute approximate surface area is 171 Å². The number of aromatic nitrogens is 3. The average molecular weight is 407 g/mol. The highest BCUT2D eigenvalue weighted by Crippen LogP contribution is 2.28. The fourth-order valence-corrected chi connectivity index (χ4v) is 4.34. The van der Waals surface area contributed by atoms with Crippen molar-refractivity contribution in [2.24, 2.45) is 0 Å². The molecule has 2 aromatic carbocycles. The molecule has 0 radical (unpaired) electrons. The van der Waals surface area contributed by atoms with Gasteiger partial charge in [-0.15, -0.1) is 11.3 Å². The molecule has 0 aliphatic rings. The van der Waals surface area contributed by atoms with Gasteiger partial charge in [0.25, 0.3) is 0 Å². The molecule has 0 saturated carbocycles. The maximum absolute atomic E-state index is 12.3. The van der Waals surface area contributed by atoms with Gasteiger partial charge in [-0.3, -0.25) is 4.79 Å². The number of hydrogen-bond acceptors (Lipinski definition) is 6. The van der Waals surface area contributed by atoms with Crippen LogP contribution in [-0.4, -0.2) is 26.6 Å². The highest BCUT2D eigenvalue weighted by Gasteiger charge is 2.10. The van der Waals surface area contributed by atoms with Gasteiger partial charge in [-0.05, 0) is 36.8 Å². The van der Waals surface area contributed by atoms with E-state index in [-0.39, 0.29) is 11.7 Å². The van der Waals surface area contributed by atoms with Crippen LogP contribution in [-0.2, 0) is 4.79 Å². The first-order chi connectivity index (χ1) is 13.6. The molecule has 4 aromatic rings. The van der Waals surface area contributed by atoms with Gasteiger partial charge in [0.15, 0.2) is 10.3 Å². The molecule has 2 heterocycles. The van der Waals surface area contributed by atoms with Crippen LogP contribution in [0.5, 0.6) is 0 Å². The van der Waals surface area contributed by atoms with E-state index in [9.17, 15) is 4.79 Å². The van der Waals surface area contributed by atoms with Crippen LogP contribution in [0.2, 0.25) is 0 Å². The van der Waals surface area contributed by atoms with E-state index in [4.69, 9.17) is 0 Å². The zero-order valence-corrected chi connectivity index (χ0v) is 17.1. The monoisotopic (exact) mass is 406 g/mol. The van der Waals surface area contributed by atoms with Crippen LogP contribution in [0.1, 0.15) is 11.4 Å². The van der Waals surface area contributed by atoms with Crippen LogP contribution < -0.4 is 5.32 Å². The van der Waals surface area contributed by atoms with Crippen LogP contribution in [0.15, 0.2) is 59.1 Å². The molecule has 4 rings (SSSR count). The van der Waals surface area contributed by atoms with Gasteiger partial charge in [0, 0.05) is 22.3 Å². The number of carbonyl (C=O) groups excluding carboxylic acids is 1. The van der Waals surface area contributed by atoms with Gasteiger partial charge in [0.2, 0.25) is 5.91 Å². The number of rotatable bonds is 5. The van der Waals surface area contributed by atoms with Crippen molar-refractivity contribution in [2.45, 2.75) is 19.0 Å². The molecule has 0 aliphatic heterocycles. The van der Waals surface area contributed by atoms with Crippen LogP contribution in [0.4, 0.5) is 5.13 Å². The minimum absolute atomic E-state index is 0.118. The molecule has 1 amide bonds. The van der Waals surface area contributed by atoms with Gasteiger partial charge in [0.1, 0.15) is 0 Å². The number of thioether (sulfide) groups is 1. The molecule has 0 saturated heterocycles. The van der Waals surface area contributed by atoms with Crippen molar-refractivity contribution < 1.29 is 4.79 Å². The van der Waals surface area contributed by atoms with Crippen molar-refractivity contribution in [1.82, 2.24) is 15.0 Å². The molecule has 0 atom stereocenters. The van der Waals surface area contributed by atoms with Gasteiger partial charge >= 0.3 is 0 Å². The summed E-state index contributed by atoms with van der Waals surface area (Å²) in [6.45, 7) is 3.84. The first-order valence-corrected chi connectivity index (χ1v) is 10.6. The Balaban J connectivity index is 1.41. The number of hydrogen-bond donors (Lipinski definition) is 1. The first-order valence-electron chi connectivity index (χ1n) is 8.76. The van der Waals surface area contributed by atoms with Gasteiger partial charge in [-0.25, -0.2) is 15.0 Å². The summed E-state index contributed by atoms with van der Waals surface area (Å²) in [6, 6.07) is 16.4. The number of fused-ring (bicyclic) bond motifs is 1. The smallest absolute Gasteiger partial charge is 0.236 e. The molecule has 7 heteroatoms. The van der Waals surface area contributed by atoms with Crippen LogP contribution >= 0.6 is 23.1 Å². The number of anilines is 1. The predicted molar refractivity (Wildman–Crippen MR) is 116 cm³/mol. The van der Waals surface area contributed by atoms with Crippen molar-refractivity contribution in [3.05, 3.63) is 65.3 Å². The molecule has 0 unspecified atom stereocenters. The maximum Gasteiger partial charge on any atom is 0.236 e. The highest BCUT2D eigenvalue weighted by atomic mass is 32.2. The van der Waals surface area contributed by atoms with Crippen LogP contribution in [0.3, 0.4) is 0 Å². The highest BCUT2D eigenvalue weighted by molar-refractivity contribution is 7.99. The summed E-state index contributed by atoms with van der Waals surface area (Å²) >= 11 is 2.74. The molecule has 0 fully saturated rings. The molecule has 5 nitrogen and oxygen atoms in total. The topological polar surface area (TPSA) is 67.8 Å². The molecule has 2 aromatic heterocycles. The van der Waals surface area contributed by atoms with Crippen molar-refractivity contribution in [3.63, 3.8) is 0 Å². The average Bonchev–Trinajstić information content (AvgIpc) is 3.14. The second kappa shape index (κ2) is 8.08. The molecule has 0 bridgehead atoms. The van der Waals surface area contributed by atoms with E-state index in [1.54, 1.807) is 0 Å². The normalized spacial score (nSPS) is 10.9. The standard InChI is InChI=1S/C21H18N4OS2/c1-13-9-14(2)23-20(22-13)28-12-19(26)25-21-24-18(11-27-21)17-8-7-15-5-3-4-6-16(15)10-17/h3-11H,12H2,1-2H3,(H,24,25,26). The lowest BCUT2D eigenvalue weighted by molar-refractivity contribution is -0.113. The van der Waals surface area contributed by atoms with Crippen LogP contribution in [0, 0.1) is 13.8 Å². The molecular weight excluding hydrogens is 388 g/mol. The van der Waals surface area contributed by atoms with E-state index in [1.165, 1.54) is 33.9 Å². The largest absolute Gasteiger partial charge is 0.301 e. The number of nitrogens with zero attached hydrogens (tertiary/aromatic N) is 3. The minimum Gasteiger partial charge on any atom is -0.301 e. The number of aryl methyl sites for hydroxylation is 2. The Kier molecular flexibility index (Phi) is 5.36. The van der Waals surface area contributed by atoms with Crippen LogP contribution in [0.25, 0.3) is 22.0 Å². The van der Waals surface area contributed by atoms with E-state index < -0.39 is 0 Å². The summed E-state index contributed by atoms with van der Waals surface area (Å²) in [5, 5.41) is 8.39. The molecule has 0 spiro atoms. The summed E-state index contributed by atoms with van der Waals surface area (Å²) in [7, 11) is 0. The fourth-order valence-electron chi connectivity index (χ4n) is 2.86. The maximum atomic E-state index is 12.3. The van der Waals surface area contributed by atoms with E-state index >= 15 is 0 Å². The number of carbonyl (C=O) groups is 1. The summed E-state index contributed by atoms with van der Waals surface area (Å²) in [6.07, 6.45) is 0. The van der Waals surface area contributed by atoms with Gasteiger partial charge < -0.3 is 5.32 Å². The SMILES string of the molecule is Cc1cc(C)nc(SCC(=O)Nc2nc(-c3ccc4ccccc4c3)cs2)n1. The second-order valence-corrected chi connectivity index (χ2v) is 8.17. The van der Waals surface area contributed by atoms with Crippen molar-refractivity contribution in [2.75, 3.05) is 11.1 Å². The number of nitrogens with one attached hydrogen (secondary N) is 1.